The molecule has 2 atom stereocenters. The molecule has 0 radical (unpaired) electrons. The number of amides is 1. The number of nitrogens with one attached hydrogen (secondary N) is 1. The van der Waals surface area contributed by atoms with Crippen molar-refractivity contribution in [3.63, 3.8) is 0 Å². The molecule has 0 bridgehead atoms. The van der Waals surface area contributed by atoms with Crippen LogP contribution in [0.4, 0.5) is 4.79 Å². The van der Waals surface area contributed by atoms with Gasteiger partial charge in [-0.15, -0.1) is 0 Å². The van der Waals surface area contributed by atoms with Crippen LogP contribution in [0.15, 0.2) is 24.3 Å². The number of carboxylic acids is 1. The molecule has 8 nitrogen and oxygen atoms in total. The van der Waals surface area contributed by atoms with Gasteiger partial charge in [-0.25, -0.2) is 9.59 Å². The Morgan fingerprint density at radius 3 is 2.30 bits per heavy atom. The molecule has 0 aromatic heterocycles. The lowest BCUT2D eigenvalue weighted by Gasteiger charge is -2.20. The number of carbonyl (C=O) groups is 2. The number of halogens is 1. The second kappa shape index (κ2) is 11.4. The molecule has 0 aliphatic rings. The van der Waals surface area contributed by atoms with Crippen molar-refractivity contribution in [2.45, 2.75) is 36.8 Å². The van der Waals surface area contributed by atoms with E-state index in [9.17, 15) is 19.3 Å². The fourth-order valence-electron chi connectivity index (χ4n) is 2.18. The van der Waals surface area contributed by atoms with Gasteiger partial charge in [0, 0.05) is 20.6 Å². The largest absolute Gasteiger partial charge is 0.480 e. The van der Waals surface area contributed by atoms with Gasteiger partial charge in [-0.1, -0.05) is 53.5 Å². The molecule has 0 heterocycles. The summed E-state index contributed by atoms with van der Waals surface area (Å²) >= 11 is 3.31. The standard InChI is InChI=1S/C17H25BrNO7P/c1-4-5-10-26-17(22)19-14(16(20)21)11-12-6-8-13(9-7-12)15(18)27(23,24-2)25-3/h6-9,14-15H,4-5,10-11H2,1-3H3,(H,19,22)(H,20,21). The molecule has 0 aliphatic heterocycles. The van der Waals surface area contributed by atoms with E-state index in [1.54, 1.807) is 24.3 Å². The van der Waals surface area contributed by atoms with Crippen molar-refractivity contribution in [3.8, 4) is 0 Å². The van der Waals surface area contributed by atoms with Crippen LogP contribution in [0.25, 0.3) is 0 Å². The summed E-state index contributed by atoms with van der Waals surface area (Å²) in [6, 6.07) is 5.66. The average molecular weight is 466 g/mol. The summed E-state index contributed by atoms with van der Waals surface area (Å²) in [6.45, 7) is 2.20. The Bertz CT molecular complexity index is 660. The Morgan fingerprint density at radius 1 is 1.22 bits per heavy atom. The van der Waals surface area contributed by atoms with Crippen molar-refractivity contribution < 1.29 is 33.0 Å². The van der Waals surface area contributed by atoms with E-state index in [-0.39, 0.29) is 13.0 Å². The highest BCUT2D eigenvalue weighted by molar-refractivity contribution is 9.10. The van der Waals surface area contributed by atoms with Crippen LogP contribution in [0.2, 0.25) is 0 Å². The smallest absolute Gasteiger partial charge is 0.407 e. The Labute approximate surface area is 167 Å². The van der Waals surface area contributed by atoms with Gasteiger partial charge in [-0.05, 0) is 17.5 Å². The minimum atomic E-state index is -3.34. The highest BCUT2D eigenvalue weighted by Gasteiger charge is 2.33. The lowest BCUT2D eigenvalue weighted by Crippen LogP contribution is -2.42. The minimum Gasteiger partial charge on any atom is -0.480 e. The molecule has 2 N–H and O–H groups in total. The van der Waals surface area contributed by atoms with Crippen LogP contribution in [0, 0.1) is 0 Å². The monoisotopic (exact) mass is 465 g/mol. The first-order chi connectivity index (χ1) is 12.8. The predicted molar refractivity (Wildman–Crippen MR) is 104 cm³/mol. The second-order valence-electron chi connectivity index (χ2n) is 5.71. The first-order valence-electron chi connectivity index (χ1n) is 8.37. The third-order valence-electron chi connectivity index (χ3n) is 3.80. The lowest BCUT2D eigenvalue weighted by molar-refractivity contribution is -0.139. The maximum Gasteiger partial charge on any atom is 0.407 e. The zero-order chi connectivity index (χ0) is 20.4. The molecular formula is C17H25BrNO7P. The molecular weight excluding hydrogens is 441 g/mol. The number of alkyl carbamates (subject to hydrolysis) is 1. The second-order valence-corrected chi connectivity index (χ2v) is 9.66. The van der Waals surface area contributed by atoms with Gasteiger partial charge in [0.15, 0.2) is 0 Å². The first kappa shape index (κ1) is 23.6. The Morgan fingerprint density at radius 2 is 1.81 bits per heavy atom. The van der Waals surface area contributed by atoms with Gasteiger partial charge < -0.3 is 24.2 Å². The van der Waals surface area contributed by atoms with Gasteiger partial charge in [0.05, 0.1) is 6.61 Å². The summed E-state index contributed by atoms with van der Waals surface area (Å²) in [4.78, 5) is 23.1. The molecule has 0 fully saturated rings. The van der Waals surface area contributed by atoms with E-state index in [1.807, 2.05) is 6.92 Å². The molecule has 1 aromatic rings. The number of alkyl halides is 1. The highest BCUT2D eigenvalue weighted by atomic mass is 79.9. The van der Waals surface area contributed by atoms with Crippen molar-refractivity contribution in [2.24, 2.45) is 0 Å². The van der Waals surface area contributed by atoms with Gasteiger partial charge in [-0.2, -0.15) is 0 Å². The molecule has 0 saturated heterocycles. The average Bonchev–Trinajstić information content (AvgIpc) is 2.67. The first-order valence-corrected chi connectivity index (χ1v) is 10.9. The van der Waals surface area contributed by atoms with Crippen molar-refractivity contribution in [2.75, 3.05) is 20.8 Å². The number of unbranched alkanes of at least 4 members (excludes halogenated alkanes) is 1. The van der Waals surface area contributed by atoms with Crippen molar-refractivity contribution in [1.82, 2.24) is 5.32 Å². The Kier molecular flexibility index (Phi) is 10.0. The molecule has 2 unspecified atom stereocenters. The Balaban J connectivity index is 2.77. The number of rotatable bonds is 11. The zero-order valence-electron chi connectivity index (χ0n) is 15.5. The maximum atomic E-state index is 12.4. The van der Waals surface area contributed by atoms with Gasteiger partial charge in [0.2, 0.25) is 0 Å². The quantitative estimate of drug-likeness (QED) is 0.287. The van der Waals surface area contributed by atoms with Gasteiger partial charge >= 0.3 is 19.7 Å². The highest BCUT2D eigenvalue weighted by Crippen LogP contribution is 2.62. The predicted octanol–water partition coefficient (Wildman–Crippen LogP) is 4.09. The summed E-state index contributed by atoms with van der Waals surface area (Å²) in [5.41, 5.74) is 1.34. The van der Waals surface area contributed by atoms with Crippen LogP contribution in [0.1, 0.15) is 35.5 Å². The van der Waals surface area contributed by atoms with Gasteiger partial charge in [0.1, 0.15) is 10.6 Å². The van der Waals surface area contributed by atoms with Gasteiger partial charge in [-0.3, -0.25) is 4.57 Å². The van der Waals surface area contributed by atoms with Crippen LogP contribution < -0.4 is 5.32 Å². The van der Waals surface area contributed by atoms with Crippen molar-refractivity contribution in [3.05, 3.63) is 35.4 Å². The fraction of sp³-hybridized carbons (Fsp3) is 0.529. The number of carbonyl (C=O) groups excluding carboxylic acids is 1. The van der Waals surface area contributed by atoms with E-state index in [2.05, 4.69) is 21.2 Å². The number of benzene rings is 1. The van der Waals surface area contributed by atoms with Crippen LogP contribution in [-0.2, 0) is 29.6 Å². The molecule has 0 aliphatic carbocycles. The molecule has 10 heteroatoms. The zero-order valence-corrected chi connectivity index (χ0v) is 18.0. The topological polar surface area (TPSA) is 111 Å². The fourth-order valence-corrected chi connectivity index (χ4v) is 4.55. The minimum absolute atomic E-state index is 0.0810. The SMILES string of the molecule is CCCCOC(=O)NC(Cc1ccc(C(Br)P(=O)(OC)OC)cc1)C(=O)O. The van der Waals surface area contributed by atoms with E-state index in [0.29, 0.717) is 17.5 Å². The summed E-state index contributed by atoms with van der Waals surface area (Å²) in [5.74, 6) is -1.16. The van der Waals surface area contributed by atoms with Crippen LogP contribution >= 0.6 is 23.5 Å². The molecule has 27 heavy (non-hydrogen) atoms. The van der Waals surface area contributed by atoms with E-state index in [1.165, 1.54) is 14.2 Å². The summed E-state index contributed by atoms with van der Waals surface area (Å²) in [7, 11) is -0.733. The van der Waals surface area contributed by atoms with Crippen molar-refractivity contribution >= 4 is 35.6 Å². The third-order valence-corrected chi connectivity index (χ3v) is 7.71. The molecule has 1 amide bonds. The van der Waals surface area contributed by atoms with E-state index in [4.69, 9.17) is 13.8 Å². The third kappa shape index (κ3) is 7.25. The summed E-state index contributed by atoms with van der Waals surface area (Å²) in [5, 5.41) is 11.7. The number of hydrogen-bond donors (Lipinski definition) is 2. The Hall–Kier alpha value is -1.41. The van der Waals surface area contributed by atoms with E-state index in [0.717, 1.165) is 6.42 Å². The maximum absolute atomic E-state index is 12.4. The van der Waals surface area contributed by atoms with Crippen LogP contribution in [-0.4, -0.2) is 44.0 Å². The number of aliphatic carboxylic acids is 1. The lowest BCUT2D eigenvalue weighted by atomic mass is 10.0. The molecule has 1 rings (SSSR count). The number of ether oxygens (including phenoxy) is 1. The van der Waals surface area contributed by atoms with Crippen LogP contribution in [0.3, 0.4) is 0 Å². The summed E-state index contributed by atoms with van der Waals surface area (Å²) < 4.78 is 26.6. The molecule has 1 aromatic carbocycles. The van der Waals surface area contributed by atoms with Crippen molar-refractivity contribution in [1.29, 1.82) is 0 Å². The molecule has 0 spiro atoms. The van der Waals surface area contributed by atoms with Crippen LogP contribution in [0.5, 0.6) is 0 Å². The number of carboxylic acid groups (broad SMARTS) is 1. The summed E-state index contributed by atoms with van der Waals surface area (Å²) in [6.07, 6.45) is 0.912. The number of hydrogen-bond acceptors (Lipinski definition) is 6. The van der Waals surface area contributed by atoms with Gasteiger partial charge in [0.25, 0.3) is 0 Å². The molecule has 152 valence electrons. The van der Waals surface area contributed by atoms with E-state index < -0.39 is 30.3 Å². The normalized spacial score (nSPS) is 13.6. The van der Waals surface area contributed by atoms with E-state index >= 15 is 0 Å². The molecule has 0 saturated carbocycles.